The van der Waals surface area contributed by atoms with E-state index >= 15 is 0 Å². The molecular weight excluding hydrogens is 230 g/mol. The maximum absolute atomic E-state index is 11.3. The van der Waals surface area contributed by atoms with Crippen molar-refractivity contribution in [3.05, 3.63) is 29.8 Å². The Bertz CT molecular complexity index is 505. The molecule has 2 amide bonds. The monoisotopic (exact) mass is 245 g/mol. The summed E-state index contributed by atoms with van der Waals surface area (Å²) in [5.74, 6) is -0.209. The summed E-state index contributed by atoms with van der Waals surface area (Å²) in [5.41, 5.74) is 5.07. The molecule has 0 saturated heterocycles. The molecule has 1 aromatic carbocycles. The van der Waals surface area contributed by atoms with Gasteiger partial charge in [-0.2, -0.15) is 5.10 Å². The number of benzene rings is 1. The molecule has 1 unspecified atom stereocenters. The number of amides is 2. The van der Waals surface area contributed by atoms with E-state index < -0.39 is 0 Å². The van der Waals surface area contributed by atoms with Gasteiger partial charge in [0.05, 0.1) is 5.71 Å². The lowest BCUT2D eigenvalue weighted by Crippen LogP contribution is -2.33. The van der Waals surface area contributed by atoms with Crippen LogP contribution in [0.5, 0.6) is 0 Å². The summed E-state index contributed by atoms with van der Waals surface area (Å²) in [7, 11) is 0. The van der Waals surface area contributed by atoms with E-state index in [0.29, 0.717) is 6.42 Å². The minimum absolute atomic E-state index is 0.0476. The molecular formula is C13H15N3O2. The Labute approximate surface area is 105 Å². The van der Waals surface area contributed by atoms with Gasteiger partial charge in [0.2, 0.25) is 11.8 Å². The van der Waals surface area contributed by atoms with Crippen LogP contribution in [0.3, 0.4) is 0 Å². The van der Waals surface area contributed by atoms with Gasteiger partial charge in [0.15, 0.2) is 0 Å². The fourth-order valence-corrected chi connectivity index (χ4v) is 1.79. The highest BCUT2D eigenvalue weighted by Crippen LogP contribution is 2.17. The smallest absolute Gasteiger partial charge is 0.243 e. The lowest BCUT2D eigenvalue weighted by Gasteiger charge is -2.18. The summed E-state index contributed by atoms with van der Waals surface area (Å²) in [4.78, 5) is 22.2. The molecule has 0 radical (unpaired) electrons. The number of carbonyl (C=O) groups is 2. The Morgan fingerprint density at radius 2 is 2.06 bits per heavy atom. The van der Waals surface area contributed by atoms with Crippen LogP contribution in [-0.2, 0) is 9.59 Å². The number of nitrogens with one attached hydrogen (secondary N) is 2. The Kier molecular flexibility index (Phi) is 3.41. The fourth-order valence-electron chi connectivity index (χ4n) is 1.79. The third-order valence-corrected chi connectivity index (χ3v) is 2.79. The van der Waals surface area contributed by atoms with E-state index in [9.17, 15) is 9.59 Å². The Hall–Kier alpha value is -2.17. The molecule has 2 rings (SSSR count). The van der Waals surface area contributed by atoms with Crippen LogP contribution in [0, 0.1) is 5.92 Å². The maximum atomic E-state index is 11.3. The minimum Gasteiger partial charge on any atom is -0.326 e. The van der Waals surface area contributed by atoms with Gasteiger partial charge in [0.25, 0.3) is 0 Å². The number of rotatable bonds is 2. The quantitative estimate of drug-likeness (QED) is 0.829. The van der Waals surface area contributed by atoms with E-state index in [4.69, 9.17) is 0 Å². The number of hydrogen-bond acceptors (Lipinski definition) is 3. The molecule has 18 heavy (non-hydrogen) atoms. The standard InChI is InChI=1S/C13H15N3O2/c1-8-7-12(15-16-13(8)18)10-3-5-11(6-4-10)14-9(2)17/h3-6,8H,7H2,1-2H3,(H,14,17)(H,16,18). The molecule has 1 atom stereocenters. The molecule has 0 saturated carbocycles. The highest BCUT2D eigenvalue weighted by Gasteiger charge is 2.21. The fraction of sp³-hybridized carbons (Fsp3) is 0.308. The van der Waals surface area contributed by atoms with Crippen molar-refractivity contribution in [3.8, 4) is 0 Å². The van der Waals surface area contributed by atoms with Crippen LogP contribution in [0.1, 0.15) is 25.8 Å². The third-order valence-electron chi connectivity index (χ3n) is 2.79. The zero-order valence-electron chi connectivity index (χ0n) is 10.4. The Morgan fingerprint density at radius 3 is 2.61 bits per heavy atom. The summed E-state index contributed by atoms with van der Waals surface area (Å²) in [6.07, 6.45) is 0.630. The van der Waals surface area contributed by atoms with Crippen molar-refractivity contribution in [3.63, 3.8) is 0 Å². The maximum Gasteiger partial charge on any atom is 0.243 e. The molecule has 0 bridgehead atoms. The molecule has 5 heteroatoms. The van der Waals surface area contributed by atoms with Crippen molar-refractivity contribution >= 4 is 23.2 Å². The van der Waals surface area contributed by atoms with E-state index in [-0.39, 0.29) is 17.7 Å². The molecule has 5 nitrogen and oxygen atoms in total. The van der Waals surface area contributed by atoms with Gasteiger partial charge in [-0.3, -0.25) is 9.59 Å². The van der Waals surface area contributed by atoms with Crippen molar-refractivity contribution in [1.82, 2.24) is 5.43 Å². The summed E-state index contributed by atoms with van der Waals surface area (Å²) >= 11 is 0. The number of anilines is 1. The molecule has 2 N–H and O–H groups in total. The van der Waals surface area contributed by atoms with E-state index in [1.807, 2.05) is 31.2 Å². The van der Waals surface area contributed by atoms with E-state index in [1.165, 1.54) is 6.92 Å². The second-order valence-corrected chi connectivity index (χ2v) is 4.40. The molecule has 1 aliphatic heterocycles. The molecule has 0 fully saturated rings. The number of hydrogen-bond donors (Lipinski definition) is 2. The van der Waals surface area contributed by atoms with Gasteiger partial charge in [-0.05, 0) is 17.7 Å². The first-order chi connectivity index (χ1) is 8.56. The van der Waals surface area contributed by atoms with Gasteiger partial charge >= 0.3 is 0 Å². The van der Waals surface area contributed by atoms with E-state index in [0.717, 1.165) is 17.0 Å². The highest BCUT2D eigenvalue weighted by atomic mass is 16.2. The van der Waals surface area contributed by atoms with Crippen LogP contribution in [-0.4, -0.2) is 17.5 Å². The Morgan fingerprint density at radius 1 is 1.39 bits per heavy atom. The second-order valence-electron chi connectivity index (χ2n) is 4.40. The minimum atomic E-state index is -0.0985. The predicted molar refractivity (Wildman–Crippen MR) is 69.2 cm³/mol. The van der Waals surface area contributed by atoms with Gasteiger partial charge in [-0.25, -0.2) is 5.43 Å². The van der Waals surface area contributed by atoms with Gasteiger partial charge in [0, 0.05) is 24.9 Å². The van der Waals surface area contributed by atoms with Crippen molar-refractivity contribution in [2.24, 2.45) is 11.0 Å². The topological polar surface area (TPSA) is 70.6 Å². The third kappa shape index (κ3) is 2.74. The molecule has 1 aromatic rings. The SMILES string of the molecule is CC(=O)Nc1ccc(C2=NNC(=O)C(C)C2)cc1. The van der Waals surface area contributed by atoms with Gasteiger partial charge < -0.3 is 5.32 Å². The summed E-state index contributed by atoms with van der Waals surface area (Å²) < 4.78 is 0. The summed E-state index contributed by atoms with van der Waals surface area (Å²) in [5, 5.41) is 6.75. The van der Waals surface area contributed by atoms with E-state index in [1.54, 1.807) is 0 Å². The first-order valence-electron chi connectivity index (χ1n) is 5.80. The lowest BCUT2D eigenvalue weighted by molar-refractivity contribution is -0.124. The van der Waals surface area contributed by atoms with Crippen LogP contribution in [0.4, 0.5) is 5.69 Å². The zero-order valence-corrected chi connectivity index (χ0v) is 10.4. The van der Waals surface area contributed by atoms with Gasteiger partial charge in [-0.15, -0.1) is 0 Å². The molecule has 1 aliphatic rings. The van der Waals surface area contributed by atoms with Gasteiger partial charge in [-0.1, -0.05) is 19.1 Å². The molecule has 0 spiro atoms. The average molecular weight is 245 g/mol. The normalized spacial score (nSPS) is 18.9. The lowest BCUT2D eigenvalue weighted by atomic mass is 9.97. The van der Waals surface area contributed by atoms with Crippen molar-refractivity contribution in [2.45, 2.75) is 20.3 Å². The van der Waals surface area contributed by atoms with Crippen LogP contribution >= 0.6 is 0 Å². The van der Waals surface area contributed by atoms with Crippen LogP contribution in [0.2, 0.25) is 0 Å². The van der Waals surface area contributed by atoms with Crippen LogP contribution in [0.15, 0.2) is 29.4 Å². The molecule has 0 aliphatic carbocycles. The first kappa shape index (κ1) is 12.3. The second kappa shape index (κ2) is 5.00. The summed E-state index contributed by atoms with van der Waals surface area (Å²) in [6, 6.07) is 7.41. The van der Waals surface area contributed by atoms with Crippen molar-refractivity contribution in [2.75, 3.05) is 5.32 Å². The average Bonchev–Trinajstić information content (AvgIpc) is 2.33. The van der Waals surface area contributed by atoms with E-state index in [2.05, 4.69) is 15.8 Å². The van der Waals surface area contributed by atoms with Crippen molar-refractivity contribution in [1.29, 1.82) is 0 Å². The first-order valence-corrected chi connectivity index (χ1v) is 5.80. The number of carbonyl (C=O) groups excluding carboxylic acids is 2. The van der Waals surface area contributed by atoms with Gasteiger partial charge in [0.1, 0.15) is 0 Å². The number of nitrogens with zero attached hydrogens (tertiary/aromatic N) is 1. The zero-order chi connectivity index (χ0) is 13.1. The molecule has 94 valence electrons. The van der Waals surface area contributed by atoms with Crippen molar-refractivity contribution < 1.29 is 9.59 Å². The van der Waals surface area contributed by atoms with Crippen LogP contribution < -0.4 is 10.7 Å². The molecule has 1 heterocycles. The summed E-state index contributed by atoms with van der Waals surface area (Å²) in [6.45, 7) is 3.34. The number of hydrazone groups is 1. The molecule has 0 aromatic heterocycles. The predicted octanol–water partition coefficient (Wildman–Crippen LogP) is 1.51. The highest BCUT2D eigenvalue weighted by molar-refractivity contribution is 6.05. The Balaban J connectivity index is 2.15. The largest absolute Gasteiger partial charge is 0.326 e. The van der Waals surface area contributed by atoms with Crippen LogP contribution in [0.25, 0.3) is 0 Å².